The van der Waals surface area contributed by atoms with E-state index in [1.165, 1.54) is 6.08 Å². The molecule has 0 aromatic rings. The highest BCUT2D eigenvalue weighted by Crippen LogP contribution is 2.23. The quantitative estimate of drug-likeness (QED) is 0.292. The summed E-state index contributed by atoms with van der Waals surface area (Å²) in [4.78, 5) is 24.0. The van der Waals surface area contributed by atoms with Gasteiger partial charge in [0, 0.05) is 0 Å². The largest absolute Gasteiger partial charge is 0.463 e. The Morgan fingerprint density at radius 1 is 1.11 bits per heavy atom. The lowest BCUT2D eigenvalue weighted by Gasteiger charge is -2.22. The maximum atomic E-state index is 12.0. The summed E-state index contributed by atoms with van der Waals surface area (Å²) < 4.78 is 15.4. The van der Waals surface area contributed by atoms with Crippen LogP contribution >= 0.6 is 0 Å². The molecule has 0 bridgehead atoms. The van der Waals surface area contributed by atoms with Crippen LogP contribution in [0, 0.1) is 0 Å². The molecule has 0 fully saturated rings. The standard InChI is InChI=1S/C14H22O5/c1-3-5-9-17-12(15)14(8-7-11-19-14)13(16)18-10-6-4-2/h7-8H,3-6,9-11H2,1-2H3. The fourth-order valence-electron chi connectivity index (χ4n) is 1.61. The molecule has 0 aromatic carbocycles. The van der Waals surface area contributed by atoms with Crippen molar-refractivity contribution in [3.63, 3.8) is 0 Å². The summed E-state index contributed by atoms with van der Waals surface area (Å²) in [7, 11) is 0. The fraction of sp³-hybridized carbons (Fsp3) is 0.714. The van der Waals surface area contributed by atoms with Crippen molar-refractivity contribution in [1.82, 2.24) is 0 Å². The molecule has 5 nitrogen and oxygen atoms in total. The van der Waals surface area contributed by atoms with Crippen molar-refractivity contribution < 1.29 is 23.8 Å². The van der Waals surface area contributed by atoms with E-state index in [2.05, 4.69) is 0 Å². The van der Waals surface area contributed by atoms with Gasteiger partial charge < -0.3 is 14.2 Å². The van der Waals surface area contributed by atoms with Gasteiger partial charge in [-0.15, -0.1) is 0 Å². The number of carbonyl (C=O) groups is 2. The van der Waals surface area contributed by atoms with Gasteiger partial charge in [-0.25, -0.2) is 9.59 Å². The molecule has 0 aromatic heterocycles. The number of hydrogen-bond acceptors (Lipinski definition) is 5. The molecule has 1 rings (SSSR count). The third-order valence-corrected chi connectivity index (χ3v) is 2.83. The molecular weight excluding hydrogens is 248 g/mol. The number of hydrogen-bond donors (Lipinski definition) is 0. The van der Waals surface area contributed by atoms with Crippen LogP contribution < -0.4 is 0 Å². The van der Waals surface area contributed by atoms with E-state index in [0.29, 0.717) is 0 Å². The average molecular weight is 270 g/mol. The highest BCUT2D eigenvalue weighted by Gasteiger charge is 2.50. The van der Waals surface area contributed by atoms with E-state index < -0.39 is 17.5 Å². The minimum absolute atomic E-state index is 0.214. The topological polar surface area (TPSA) is 61.8 Å². The lowest BCUT2D eigenvalue weighted by atomic mass is 10.1. The fourth-order valence-corrected chi connectivity index (χ4v) is 1.61. The maximum Gasteiger partial charge on any atom is 0.354 e. The summed E-state index contributed by atoms with van der Waals surface area (Å²) in [5.74, 6) is -1.37. The van der Waals surface area contributed by atoms with E-state index in [-0.39, 0.29) is 19.8 Å². The molecule has 1 aliphatic heterocycles. The SMILES string of the molecule is CCCCOC(=O)C1(C(=O)OCCCC)C=CCO1. The number of esters is 2. The van der Waals surface area contributed by atoms with E-state index >= 15 is 0 Å². The molecule has 108 valence electrons. The first-order valence-electron chi connectivity index (χ1n) is 6.83. The van der Waals surface area contributed by atoms with Crippen LogP contribution in [0.2, 0.25) is 0 Å². The average Bonchev–Trinajstić information content (AvgIpc) is 2.89. The molecule has 0 spiro atoms. The lowest BCUT2D eigenvalue weighted by Crippen LogP contribution is -2.48. The Bertz CT molecular complexity index is 313. The Labute approximate surface area is 113 Å². The zero-order chi connectivity index (χ0) is 14.1. The smallest absolute Gasteiger partial charge is 0.354 e. The van der Waals surface area contributed by atoms with Gasteiger partial charge in [0.1, 0.15) is 0 Å². The van der Waals surface area contributed by atoms with E-state index in [4.69, 9.17) is 14.2 Å². The highest BCUT2D eigenvalue weighted by molar-refractivity contribution is 6.06. The van der Waals surface area contributed by atoms with Crippen LogP contribution in [0.4, 0.5) is 0 Å². The van der Waals surface area contributed by atoms with E-state index in [1.54, 1.807) is 6.08 Å². The number of unbranched alkanes of at least 4 members (excludes halogenated alkanes) is 2. The summed E-state index contributed by atoms with van der Waals surface area (Å²) in [6.45, 7) is 4.78. The molecule has 1 aliphatic rings. The van der Waals surface area contributed by atoms with Crippen LogP contribution in [-0.4, -0.2) is 37.4 Å². The van der Waals surface area contributed by atoms with Crippen molar-refractivity contribution in [3.05, 3.63) is 12.2 Å². The van der Waals surface area contributed by atoms with Gasteiger partial charge in [0.05, 0.1) is 19.8 Å². The molecule has 0 saturated carbocycles. The Kier molecular flexibility index (Phi) is 6.56. The van der Waals surface area contributed by atoms with Crippen molar-refractivity contribution in [2.75, 3.05) is 19.8 Å². The molecular formula is C14H22O5. The first kappa shape index (κ1) is 15.7. The zero-order valence-corrected chi connectivity index (χ0v) is 11.6. The van der Waals surface area contributed by atoms with Gasteiger partial charge in [0.25, 0.3) is 5.60 Å². The number of carbonyl (C=O) groups excluding carboxylic acids is 2. The van der Waals surface area contributed by atoms with Crippen molar-refractivity contribution >= 4 is 11.9 Å². The second kappa shape index (κ2) is 7.94. The van der Waals surface area contributed by atoms with E-state index in [9.17, 15) is 9.59 Å². The lowest BCUT2D eigenvalue weighted by molar-refractivity contribution is -0.181. The predicted molar refractivity (Wildman–Crippen MR) is 69.6 cm³/mol. The van der Waals surface area contributed by atoms with Crippen LogP contribution in [0.25, 0.3) is 0 Å². The van der Waals surface area contributed by atoms with Crippen molar-refractivity contribution in [3.8, 4) is 0 Å². The Morgan fingerprint density at radius 3 is 2.00 bits per heavy atom. The monoisotopic (exact) mass is 270 g/mol. The maximum absolute atomic E-state index is 12.0. The van der Waals surface area contributed by atoms with Crippen molar-refractivity contribution in [2.24, 2.45) is 0 Å². The number of rotatable bonds is 8. The van der Waals surface area contributed by atoms with Gasteiger partial charge in [-0.1, -0.05) is 32.8 Å². The molecule has 5 heteroatoms. The minimum Gasteiger partial charge on any atom is -0.463 e. The number of ether oxygens (including phenoxy) is 3. The first-order chi connectivity index (χ1) is 9.17. The first-order valence-corrected chi connectivity index (χ1v) is 6.83. The molecule has 0 unspecified atom stereocenters. The molecule has 0 aliphatic carbocycles. The van der Waals surface area contributed by atoms with Gasteiger partial charge in [-0.3, -0.25) is 0 Å². The molecule has 0 saturated heterocycles. The van der Waals surface area contributed by atoms with Crippen molar-refractivity contribution in [2.45, 2.75) is 45.1 Å². The normalized spacial score (nSPS) is 16.3. The minimum atomic E-state index is -1.69. The molecule has 19 heavy (non-hydrogen) atoms. The molecule has 0 N–H and O–H groups in total. The molecule has 0 atom stereocenters. The second-order valence-electron chi connectivity index (χ2n) is 4.43. The molecule has 0 amide bonds. The summed E-state index contributed by atoms with van der Waals surface area (Å²) in [5, 5.41) is 0. The summed E-state index contributed by atoms with van der Waals surface area (Å²) in [6.07, 6.45) is 6.40. The summed E-state index contributed by atoms with van der Waals surface area (Å²) >= 11 is 0. The zero-order valence-electron chi connectivity index (χ0n) is 11.6. The second-order valence-corrected chi connectivity index (χ2v) is 4.43. The predicted octanol–water partition coefficient (Wildman–Crippen LogP) is 2.00. The van der Waals surface area contributed by atoms with Crippen LogP contribution in [0.15, 0.2) is 12.2 Å². The van der Waals surface area contributed by atoms with Gasteiger partial charge in [0.2, 0.25) is 0 Å². The summed E-state index contributed by atoms with van der Waals surface area (Å²) in [5.41, 5.74) is -1.69. The van der Waals surface area contributed by atoms with Gasteiger partial charge in [-0.2, -0.15) is 0 Å². The Morgan fingerprint density at radius 2 is 1.63 bits per heavy atom. The Hall–Kier alpha value is -1.36. The van der Waals surface area contributed by atoms with Crippen LogP contribution in [0.5, 0.6) is 0 Å². The molecule has 1 heterocycles. The van der Waals surface area contributed by atoms with Crippen LogP contribution in [0.3, 0.4) is 0 Å². The van der Waals surface area contributed by atoms with Crippen LogP contribution in [-0.2, 0) is 23.8 Å². The van der Waals surface area contributed by atoms with Crippen molar-refractivity contribution in [1.29, 1.82) is 0 Å². The van der Waals surface area contributed by atoms with E-state index in [0.717, 1.165) is 25.7 Å². The van der Waals surface area contributed by atoms with E-state index in [1.807, 2.05) is 13.8 Å². The van der Waals surface area contributed by atoms with Gasteiger partial charge in [0.15, 0.2) is 0 Å². The highest BCUT2D eigenvalue weighted by atomic mass is 16.6. The Balaban J connectivity index is 2.60. The summed E-state index contributed by atoms with van der Waals surface area (Å²) in [6, 6.07) is 0. The van der Waals surface area contributed by atoms with Gasteiger partial charge in [-0.05, 0) is 18.9 Å². The van der Waals surface area contributed by atoms with Crippen LogP contribution in [0.1, 0.15) is 39.5 Å². The third kappa shape index (κ3) is 4.06. The molecule has 0 radical (unpaired) electrons. The third-order valence-electron chi connectivity index (χ3n) is 2.83. The van der Waals surface area contributed by atoms with Gasteiger partial charge >= 0.3 is 11.9 Å².